The first kappa shape index (κ1) is 26.5. The number of amides is 1. The van der Waals surface area contributed by atoms with E-state index in [1.807, 2.05) is 38.4 Å². The number of carbonyl (C=O) groups is 1. The van der Waals surface area contributed by atoms with Crippen LogP contribution < -0.4 is 5.32 Å². The molecule has 0 atom stereocenters. The van der Waals surface area contributed by atoms with Gasteiger partial charge in [-0.3, -0.25) is 4.79 Å². The summed E-state index contributed by atoms with van der Waals surface area (Å²) in [5, 5.41) is 7.76. The largest absolute Gasteiger partial charge is 0.434 e. The zero-order valence-corrected chi connectivity index (χ0v) is 21.5. The van der Waals surface area contributed by atoms with Crippen LogP contribution in [0.3, 0.4) is 0 Å². The lowest BCUT2D eigenvalue weighted by atomic mass is 9.75. The van der Waals surface area contributed by atoms with Crippen LogP contribution in [0.4, 0.5) is 13.2 Å². The summed E-state index contributed by atoms with van der Waals surface area (Å²) in [6.07, 6.45) is -0.0694. The van der Waals surface area contributed by atoms with E-state index in [1.54, 1.807) is 0 Å². The van der Waals surface area contributed by atoms with Gasteiger partial charge in [0.15, 0.2) is 5.69 Å². The Hall–Kier alpha value is -2.55. The fourth-order valence-electron chi connectivity index (χ4n) is 4.89. The van der Waals surface area contributed by atoms with E-state index in [0.29, 0.717) is 22.9 Å². The van der Waals surface area contributed by atoms with Crippen molar-refractivity contribution in [2.45, 2.75) is 49.9 Å². The Kier molecular flexibility index (Phi) is 7.69. The van der Waals surface area contributed by atoms with Gasteiger partial charge in [0.1, 0.15) is 0 Å². The molecule has 1 N–H and O–H groups in total. The van der Waals surface area contributed by atoms with E-state index in [0.717, 1.165) is 30.1 Å². The lowest BCUT2D eigenvalue weighted by molar-refractivity contribution is -0.143. The maximum absolute atomic E-state index is 14.0. The van der Waals surface area contributed by atoms with Gasteiger partial charge in [-0.05, 0) is 88.2 Å². The summed E-state index contributed by atoms with van der Waals surface area (Å²) in [7, 11) is 4.07. The van der Waals surface area contributed by atoms with Crippen LogP contribution in [0.5, 0.6) is 0 Å². The molecule has 0 unspecified atom stereocenters. The number of hydrogen-bond donors (Lipinski definition) is 1. The van der Waals surface area contributed by atoms with Crippen LogP contribution in [-0.4, -0.2) is 46.3 Å². The number of aromatic nitrogens is 2. The molecule has 1 saturated carbocycles. The summed E-state index contributed by atoms with van der Waals surface area (Å²) in [4.78, 5) is 15.2. The third-order valence-corrected chi connectivity index (χ3v) is 7.50. The predicted molar refractivity (Wildman–Crippen MR) is 135 cm³/mol. The first-order chi connectivity index (χ1) is 17.0. The van der Waals surface area contributed by atoms with E-state index < -0.39 is 23.3 Å². The Balaban J connectivity index is 1.49. The monoisotopic (exact) mass is 538 g/mol. The molecule has 192 valence electrons. The van der Waals surface area contributed by atoms with Crippen molar-refractivity contribution in [2.75, 3.05) is 14.1 Å². The van der Waals surface area contributed by atoms with Crippen molar-refractivity contribution < 1.29 is 18.0 Å². The van der Waals surface area contributed by atoms with E-state index in [4.69, 9.17) is 23.2 Å². The normalized spacial score (nSPS) is 20.5. The summed E-state index contributed by atoms with van der Waals surface area (Å²) >= 11 is 11.9. The maximum atomic E-state index is 14.0. The third kappa shape index (κ3) is 5.71. The summed E-state index contributed by atoms with van der Waals surface area (Å²) < 4.78 is 42.7. The number of alkyl halides is 3. The van der Waals surface area contributed by atoms with Gasteiger partial charge < -0.3 is 10.2 Å². The lowest BCUT2D eigenvalue weighted by Gasteiger charge is -2.45. The van der Waals surface area contributed by atoms with Gasteiger partial charge in [-0.2, -0.15) is 18.3 Å². The van der Waals surface area contributed by atoms with Gasteiger partial charge in [0.25, 0.3) is 5.91 Å². The van der Waals surface area contributed by atoms with Crippen LogP contribution >= 0.6 is 23.2 Å². The van der Waals surface area contributed by atoms with Gasteiger partial charge in [-0.15, -0.1) is 0 Å². The lowest BCUT2D eigenvalue weighted by Crippen LogP contribution is -2.52. The second kappa shape index (κ2) is 10.4. The Bertz CT molecular complexity index is 1200. The second-order valence-corrected chi connectivity index (χ2v) is 10.3. The van der Waals surface area contributed by atoms with E-state index in [9.17, 15) is 18.0 Å². The van der Waals surface area contributed by atoms with Crippen LogP contribution in [0.25, 0.3) is 5.69 Å². The fraction of sp³-hybridized carbons (Fsp3) is 0.385. The van der Waals surface area contributed by atoms with Crippen LogP contribution in [0.2, 0.25) is 10.0 Å². The zero-order valence-electron chi connectivity index (χ0n) is 19.9. The maximum Gasteiger partial charge on any atom is 0.434 e. The minimum absolute atomic E-state index is 0.106. The summed E-state index contributed by atoms with van der Waals surface area (Å²) in [5.74, 6) is -0.775. The Morgan fingerprint density at radius 3 is 2.14 bits per heavy atom. The molecule has 0 bridgehead atoms. The van der Waals surface area contributed by atoms with Gasteiger partial charge in [0.2, 0.25) is 0 Å². The van der Waals surface area contributed by atoms with E-state index in [1.165, 1.54) is 29.8 Å². The summed E-state index contributed by atoms with van der Waals surface area (Å²) in [5.41, 5.74) is -0.376. The Morgan fingerprint density at radius 2 is 1.61 bits per heavy atom. The van der Waals surface area contributed by atoms with Crippen molar-refractivity contribution >= 4 is 29.1 Å². The van der Waals surface area contributed by atoms with Gasteiger partial charge >= 0.3 is 6.18 Å². The van der Waals surface area contributed by atoms with Crippen molar-refractivity contribution in [3.63, 3.8) is 0 Å². The zero-order chi connectivity index (χ0) is 26.1. The minimum Gasteiger partial charge on any atom is -0.349 e. The van der Waals surface area contributed by atoms with Crippen molar-refractivity contribution in [2.24, 2.45) is 0 Å². The molecule has 1 fully saturated rings. The molecule has 1 aliphatic rings. The van der Waals surface area contributed by atoms with Gasteiger partial charge in [0.05, 0.1) is 17.4 Å². The summed E-state index contributed by atoms with van der Waals surface area (Å²) in [6, 6.07) is 13.3. The molecule has 5 nitrogen and oxygen atoms in total. The number of nitrogens with zero attached hydrogens (tertiary/aromatic N) is 3. The van der Waals surface area contributed by atoms with Crippen LogP contribution in [-0.2, 0) is 12.6 Å². The molecule has 1 aromatic heterocycles. The Labute approximate surface area is 218 Å². The topological polar surface area (TPSA) is 50.2 Å². The van der Waals surface area contributed by atoms with E-state index in [-0.39, 0.29) is 17.3 Å². The van der Waals surface area contributed by atoms with Gasteiger partial charge in [-0.1, -0.05) is 35.3 Å². The minimum atomic E-state index is -4.77. The fourth-order valence-corrected chi connectivity index (χ4v) is 5.14. The molecule has 0 spiro atoms. The molecule has 1 aliphatic carbocycles. The van der Waals surface area contributed by atoms with E-state index >= 15 is 0 Å². The number of carbonyl (C=O) groups excluding carboxylic acids is 1. The SMILES string of the molecule is CN(C)C1(Cc2ccc(Cl)cc2)CCC(NC(=O)c2cnn(-c3ccc(Cl)cc3)c2C(F)(F)F)CC1. The molecule has 0 saturated heterocycles. The molecular weight excluding hydrogens is 512 g/mol. The Morgan fingerprint density at radius 1 is 1.06 bits per heavy atom. The molecule has 3 aromatic rings. The number of rotatable bonds is 6. The number of hydrogen-bond acceptors (Lipinski definition) is 3. The highest BCUT2D eigenvalue weighted by molar-refractivity contribution is 6.30. The van der Waals surface area contributed by atoms with Crippen LogP contribution in [0, 0.1) is 0 Å². The molecule has 1 heterocycles. The molecule has 10 heteroatoms. The number of benzene rings is 2. The summed E-state index contributed by atoms with van der Waals surface area (Å²) in [6.45, 7) is 0. The first-order valence-electron chi connectivity index (χ1n) is 11.6. The first-order valence-corrected chi connectivity index (χ1v) is 12.4. The molecule has 4 rings (SSSR count). The highest BCUT2D eigenvalue weighted by Gasteiger charge is 2.42. The van der Waals surface area contributed by atoms with Crippen molar-refractivity contribution in [1.82, 2.24) is 20.0 Å². The van der Waals surface area contributed by atoms with Gasteiger partial charge in [-0.25, -0.2) is 4.68 Å². The van der Waals surface area contributed by atoms with Crippen LogP contribution in [0.15, 0.2) is 54.7 Å². The molecule has 0 radical (unpaired) electrons. The number of halogens is 5. The van der Waals surface area contributed by atoms with Crippen molar-refractivity contribution in [1.29, 1.82) is 0 Å². The smallest absolute Gasteiger partial charge is 0.349 e. The second-order valence-electron chi connectivity index (χ2n) is 9.46. The average Bonchev–Trinajstić information content (AvgIpc) is 3.28. The molecule has 36 heavy (non-hydrogen) atoms. The average molecular weight is 539 g/mol. The van der Waals surface area contributed by atoms with Crippen molar-refractivity contribution in [3.8, 4) is 5.69 Å². The van der Waals surface area contributed by atoms with Crippen molar-refractivity contribution in [3.05, 3.63) is 81.6 Å². The predicted octanol–water partition coefficient (Wildman–Crippen LogP) is 6.41. The molecule has 1 amide bonds. The van der Waals surface area contributed by atoms with Gasteiger partial charge in [0, 0.05) is 21.6 Å². The highest BCUT2D eigenvalue weighted by atomic mass is 35.5. The molecule has 2 aromatic carbocycles. The number of likely N-dealkylation sites (N-methyl/N-ethyl adjacent to an activating group) is 1. The molecular formula is C26H27Cl2F3N4O. The third-order valence-electron chi connectivity index (χ3n) is 7.00. The number of nitrogens with one attached hydrogen (secondary N) is 1. The standard InChI is InChI=1S/C26H27Cl2F3N4O/c1-34(2)25(15-17-3-5-18(27)6-4-17)13-11-20(12-14-25)33-24(36)22-16-32-35(23(22)26(29,30)31)21-9-7-19(28)8-10-21/h3-10,16,20H,11-15H2,1-2H3,(H,33,36). The van der Waals surface area contributed by atoms with Crippen LogP contribution in [0.1, 0.15) is 47.3 Å². The quantitative estimate of drug-likeness (QED) is 0.394. The highest BCUT2D eigenvalue weighted by Crippen LogP contribution is 2.37. The molecule has 0 aliphatic heterocycles. The van der Waals surface area contributed by atoms with E-state index in [2.05, 4.69) is 15.3 Å².